The van der Waals surface area contributed by atoms with Crippen molar-refractivity contribution in [2.45, 2.75) is 169 Å². The monoisotopic (exact) mass is 983 g/mol. The summed E-state index contributed by atoms with van der Waals surface area (Å²) in [5.41, 5.74) is 0.658. The van der Waals surface area contributed by atoms with E-state index in [0.29, 0.717) is 34.9 Å². The summed E-state index contributed by atoms with van der Waals surface area (Å²) in [5.74, 6) is -6.58. The topological polar surface area (TPSA) is 248 Å². The summed E-state index contributed by atoms with van der Waals surface area (Å²) in [4.78, 5) is 118. The van der Waals surface area contributed by atoms with Crippen molar-refractivity contribution in [3.8, 4) is 0 Å². The maximum atomic E-state index is 15.1. The van der Waals surface area contributed by atoms with E-state index in [9.17, 15) is 33.6 Å². The molecular weight excluding hydrogens is 909 g/mol. The molecule has 0 bridgehead atoms. The van der Waals surface area contributed by atoms with Gasteiger partial charge in [-0.25, -0.2) is 4.79 Å². The maximum absolute atomic E-state index is 15.1. The van der Waals surface area contributed by atoms with E-state index in [1.807, 2.05) is 52.0 Å². The lowest BCUT2D eigenvalue weighted by Gasteiger charge is -2.32. The van der Waals surface area contributed by atoms with Crippen LogP contribution in [0.1, 0.15) is 120 Å². The molecule has 0 spiro atoms. The first kappa shape index (κ1) is 55.2. The van der Waals surface area contributed by atoms with Crippen molar-refractivity contribution >= 4 is 69.3 Å². The van der Waals surface area contributed by atoms with Crippen molar-refractivity contribution in [1.82, 2.24) is 41.5 Å². The van der Waals surface area contributed by atoms with E-state index in [-0.39, 0.29) is 25.2 Å². The molecule has 18 heteroatoms. The quantitative estimate of drug-likeness (QED) is 0.0881. The van der Waals surface area contributed by atoms with Crippen LogP contribution in [0.4, 0.5) is 4.79 Å². The fourth-order valence-corrected chi connectivity index (χ4v) is 8.48. The van der Waals surface area contributed by atoms with Gasteiger partial charge in [0.1, 0.15) is 47.5 Å². The number of hydrogen-bond donors (Lipinski definition) is 7. The molecule has 0 radical (unpaired) electrons. The van der Waals surface area contributed by atoms with Crippen LogP contribution in [-0.4, -0.2) is 105 Å². The van der Waals surface area contributed by atoms with E-state index >= 15 is 4.79 Å². The molecule has 0 aliphatic carbocycles. The number of carbonyl (C=O) groups is 8. The standard InChI is InChI=1S/C53H74N8O10/c1-13-30(5)43-49(67)58-39(25-33-28-61(51(69)71-53(10,11)12)41-22-18-16-20-35(33)41)47(65)56-38(24-32-27-54-36-21-17-15-19-34(32)36)46(64)55-37(23-29(3)4)45(63)57-40(26-42(62)70-52(7,8)9)48(66)59-44(31(6)14-2)50(68)60-43/h15-22,27-31,37-40,43-44,54H,13-14,23-26H2,1-12H3,(H,55,64)(H,56,65)(H,57,63)(H,58,67)(H,59,66)(H,60,68)/t30-,31-,37-,38+,39-,40-,43-,44-/m0/s1. The number of hydrogen-bond acceptors (Lipinski definition) is 10. The normalized spacial score (nSPS) is 22.3. The second-order valence-corrected chi connectivity index (χ2v) is 21.2. The number of fused-ring (bicyclic) bond motifs is 2. The van der Waals surface area contributed by atoms with Crippen molar-refractivity contribution < 1.29 is 47.8 Å². The van der Waals surface area contributed by atoms with Gasteiger partial charge in [0.25, 0.3) is 0 Å². The number of para-hydroxylation sites is 2. The Labute approximate surface area is 416 Å². The Morgan fingerprint density at radius 3 is 1.62 bits per heavy atom. The first-order chi connectivity index (χ1) is 33.3. The van der Waals surface area contributed by atoms with Gasteiger partial charge in [-0.3, -0.25) is 38.1 Å². The van der Waals surface area contributed by atoms with Crippen LogP contribution in [0.5, 0.6) is 0 Å². The largest absolute Gasteiger partial charge is 0.460 e. The molecule has 1 fully saturated rings. The van der Waals surface area contributed by atoms with Crippen LogP contribution in [0.25, 0.3) is 21.8 Å². The molecule has 5 rings (SSSR count). The minimum Gasteiger partial charge on any atom is -0.460 e. The first-order valence-electron chi connectivity index (χ1n) is 24.7. The van der Waals surface area contributed by atoms with Crippen molar-refractivity contribution in [3.05, 3.63) is 72.1 Å². The van der Waals surface area contributed by atoms with E-state index in [1.54, 1.807) is 92.0 Å². The maximum Gasteiger partial charge on any atom is 0.419 e. The fourth-order valence-electron chi connectivity index (χ4n) is 8.48. The van der Waals surface area contributed by atoms with Gasteiger partial charge >= 0.3 is 12.1 Å². The second-order valence-electron chi connectivity index (χ2n) is 21.2. The lowest BCUT2D eigenvalue weighted by molar-refractivity contribution is -0.156. The highest BCUT2D eigenvalue weighted by molar-refractivity contribution is 6.00. The molecule has 7 N–H and O–H groups in total. The molecular formula is C53H74N8O10. The van der Waals surface area contributed by atoms with E-state index in [1.165, 1.54) is 4.57 Å². The number of nitrogens with zero attached hydrogens (tertiary/aromatic N) is 1. The Kier molecular flexibility index (Phi) is 18.2. The van der Waals surface area contributed by atoms with Crippen molar-refractivity contribution in [3.63, 3.8) is 0 Å². The number of aromatic amines is 1. The van der Waals surface area contributed by atoms with E-state index in [2.05, 4.69) is 36.9 Å². The Balaban J connectivity index is 1.67. The van der Waals surface area contributed by atoms with Gasteiger partial charge in [-0.2, -0.15) is 0 Å². The number of benzene rings is 2. The van der Waals surface area contributed by atoms with Gasteiger partial charge in [0.2, 0.25) is 35.4 Å². The van der Waals surface area contributed by atoms with Crippen LogP contribution in [-0.2, 0) is 55.9 Å². The summed E-state index contributed by atoms with van der Waals surface area (Å²) in [5, 5.41) is 18.3. The molecule has 6 amide bonds. The predicted molar refractivity (Wildman–Crippen MR) is 270 cm³/mol. The number of carbonyl (C=O) groups excluding carboxylic acids is 8. The molecule has 1 aliphatic rings. The zero-order valence-corrected chi connectivity index (χ0v) is 43.2. The summed E-state index contributed by atoms with van der Waals surface area (Å²) in [6.07, 6.45) is 2.66. The number of rotatable bonds is 12. The van der Waals surface area contributed by atoms with E-state index in [4.69, 9.17) is 9.47 Å². The smallest absolute Gasteiger partial charge is 0.419 e. The zero-order valence-electron chi connectivity index (χ0n) is 43.2. The molecule has 0 saturated carbocycles. The average molecular weight is 983 g/mol. The number of aromatic nitrogens is 2. The summed E-state index contributed by atoms with van der Waals surface area (Å²) in [6.45, 7) is 21.1. The Hall–Kier alpha value is -6.72. The molecule has 0 unspecified atom stereocenters. The Bertz CT molecular complexity index is 2590. The lowest BCUT2D eigenvalue weighted by atomic mass is 9.94. The van der Waals surface area contributed by atoms with Crippen molar-refractivity contribution in [2.75, 3.05) is 0 Å². The van der Waals surface area contributed by atoms with Gasteiger partial charge in [-0.1, -0.05) is 90.8 Å². The minimum absolute atomic E-state index is 0.0670. The Morgan fingerprint density at radius 2 is 1.04 bits per heavy atom. The van der Waals surface area contributed by atoms with E-state index < -0.39 is 113 Å². The van der Waals surface area contributed by atoms with Gasteiger partial charge in [-0.15, -0.1) is 0 Å². The molecule has 386 valence electrons. The van der Waals surface area contributed by atoms with Gasteiger partial charge in [0.05, 0.1) is 11.9 Å². The molecule has 2 aromatic heterocycles. The predicted octanol–water partition coefficient (Wildman–Crippen LogP) is 5.48. The molecule has 1 aliphatic heterocycles. The van der Waals surface area contributed by atoms with Crippen LogP contribution in [0, 0.1) is 17.8 Å². The first-order valence-corrected chi connectivity index (χ1v) is 24.7. The molecule has 8 atom stereocenters. The molecule has 71 heavy (non-hydrogen) atoms. The highest BCUT2D eigenvalue weighted by atomic mass is 16.6. The summed E-state index contributed by atoms with van der Waals surface area (Å²) in [7, 11) is 0. The summed E-state index contributed by atoms with van der Waals surface area (Å²) in [6, 6.07) is 6.38. The number of nitrogens with one attached hydrogen (secondary N) is 7. The highest BCUT2D eigenvalue weighted by Gasteiger charge is 2.39. The van der Waals surface area contributed by atoms with Crippen LogP contribution in [0.3, 0.4) is 0 Å². The van der Waals surface area contributed by atoms with Crippen LogP contribution >= 0.6 is 0 Å². The third-order valence-electron chi connectivity index (χ3n) is 12.5. The van der Waals surface area contributed by atoms with Crippen molar-refractivity contribution in [1.29, 1.82) is 0 Å². The average Bonchev–Trinajstić information content (AvgIpc) is 3.87. The van der Waals surface area contributed by atoms with Crippen LogP contribution in [0.15, 0.2) is 60.9 Å². The number of amides is 6. The molecule has 4 aromatic rings. The van der Waals surface area contributed by atoms with Gasteiger partial charge in [0.15, 0.2) is 0 Å². The number of ether oxygens (including phenoxy) is 2. The third-order valence-corrected chi connectivity index (χ3v) is 12.5. The minimum atomic E-state index is -1.56. The molecule has 2 aromatic carbocycles. The highest BCUT2D eigenvalue weighted by Crippen LogP contribution is 2.26. The van der Waals surface area contributed by atoms with Crippen LogP contribution in [0.2, 0.25) is 0 Å². The number of esters is 1. The lowest BCUT2D eigenvalue weighted by Crippen LogP contribution is -2.63. The SMILES string of the molecule is CC[C@H](C)[C@@H]1NC(=O)[C@H](CC(=O)OC(C)(C)C)NC(=O)[C@H](CC(C)C)NC(=O)[C@@H](Cc2c[nH]c3ccccc23)NC(=O)[C@H](Cc2cn(C(=O)OC(C)(C)C)c3ccccc23)NC(=O)[C@H]([C@@H](C)CC)NC1=O. The van der Waals surface area contributed by atoms with Crippen LogP contribution < -0.4 is 31.9 Å². The number of H-pyrrole nitrogens is 1. The van der Waals surface area contributed by atoms with E-state index in [0.717, 1.165) is 10.9 Å². The third kappa shape index (κ3) is 14.9. The van der Waals surface area contributed by atoms with Crippen molar-refractivity contribution in [2.24, 2.45) is 17.8 Å². The molecule has 1 saturated heterocycles. The zero-order chi connectivity index (χ0) is 52.5. The summed E-state index contributed by atoms with van der Waals surface area (Å²) < 4.78 is 12.6. The molecule has 18 nitrogen and oxygen atoms in total. The Morgan fingerprint density at radius 1 is 0.577 bits per heavy atom. The van der Waals surface area contributed by atoms with Gasteiger partial charge in [0, 0.05) is 41.5 Å². The van der Waals surface area contributed by atoms with Gasteiger partial charge in [-0.05, 0) is 89.0 Å². The second kappa shape index (κ2) is 23.5. The molecule has 3 heterocycles. The summed E-state index contributed by atoms with van der Waals surface area (Å²) >= 11 is 0. The van der Waals surface area contributed by atoms with Gasteiger partial charge < -0.3 is 46.4 Å². The fraction of sp³-hybridized carbons (Fsp3) is 0.547.